The summed E-state index contributed by atoms with van der Waals surface area (Å²) in [5.74, 6) is -0.474. The Hall–Kier alpha value is -2.21. The zero-order valence-electron chi connectivity index (χ0n) is 16.9. The van der Waals surface area contributed by atoms with Crippen LogP contribution in [-0.4, -0.2) is 45.4 Å². The molecule has 0 aromatic heterocycles. The molecule has 0 fully saturated rings. The number of ether oxygens (including phenoxy) is 1. The van der Waals surface area contributed by atoms with E-state index in [9.17, 15) is 15.0 Å². The molecular formula is C23H31NO4. The number of aliphatic hydroxyl groups excluding tert-OH is 2. The Morgan fingerprint density at radius 2 is 1.43 bits per heavy atom. The fraction of sp³-hybridized carbons (Fsp3) is 0.435. The number of hydrogen-bond donors (Lipinski definition) is 2. The lowest BCUT2D eigenvalue weighted by Crippen LogP contribution is -2.46. The number of carbonyl (C=O) groups is 1. The van der Waals surface area contributed by atoms with Gasteiger partial charge in [0.15, 0.2) is 0 Å². The van der Waals surface area contributed by atoms with Crippen LogP contribution >= 0.6 is 0 Å². The van der Waals surface area contributed by atoms with Crippen LogP contribution in [0.4, 0.5) is 0 Å². The fourth-order valence-electron chi connectivity index (χ4n) is 3.10. The lowest BCUT2D eigenvalue weighted by atomic mass is 10.0. The molecule has 2 rings (SSSR count). The maximum absolute atomic E-state index is 12.1. The van der Waals surface area contributed by atoms with Gasteiger partial charge in [-0.3, -0.25) is 9.69 Å². The van der Waals surface area contributed by atoms with Gasteiger partial charge in [0, 0.05) is 13.1 Å². The Morgan fingerprint density at radius 1 is 0.964 bits per heavy atom. The summed E-state index contributed by atoms with van der Waals surface area (Å²) in [7, 11) is 0. The van der Waals surface area contributed by atoms with Crippen molar-refractivity contribution in [2.75, 3.05) is 6.61 Å². The number of rotatable bonds is 9. The SMILES string of the molecule is CC(C)(C)OC(=O)C[C@@H](O)[C@H](CO)N(Cc1ccccc1)Cc1ccccc1. The van der Waals surface area contributed by atoms with E-state index in [1.54, 1.807) is 20.8 Å². The molecule has 0 spiro atoms. The van der Waals surface area contributed by atoms with E-state index in [1.165, 1.54) is 0 Å². The first-order chi connectivity index (χ1) is 13.3. The maximum Gasteiger partial charge on any atom is 0.308 e. The molecule has 0 aliphatic heterocycles. The second-order valence-electron chi connectivity index (χ2n) is 7.98. The smallest absolute Gasteiger partial charge is 0.308 e. The van der Waals surface area contributed by atoms with Crippen LogP contribution in [0, 0.1) is 0 Å². The summed E-state index contributed by atoms with van der Waals surface area (Å²) in [4.78, 5) is 14.1. The molecule has 0 radical (unpaired) electrons. The van der Waals surface area contributed by atoms with Crippen LogP contribution in [0.2, 0.25) is 0 Å². The Labute approximate surface area is 167 Å². The minimum absolute atomic E-state index is 0.164. The van der Waals surface area contributed by atoms with Crippen LogP contribution in [0.1, 0.15) is 38.3 Å². The number of carbonyl (C=O) groups excluding carboxylic acids is 1. The van der Waals surface area contributed by atoms with Gasteiger partial charge in [-0.1, -0.05) is 60.7 Å². The van der Waals surface area contributed by atoms with Gasteiger partial charge in [0.1, 0.15) is 5.60 Å². The summed E-state index contributed by atoms with van der Waals surface area (Å²) in [6.45, 7) is 6.20. The number of benzene rings is 2. The molecule has 152 valence electrons. The van der Waals surface area contributed by atoms with Gasteiger partial charge in [0.25, 0.3) is 0 Å². The van der Waals surface area contributed by atoms with Crippen molar-refractivity contribution in [2.45, 2.75) is 58.0 Å². The first-order valence-corrected chi connectivity index (χ1v) is 9.61. The fourth-order valence-corrected chi connectivity index (χ4v) is 3.10. The van der Waals surface area contributed by atoms with Crippen LogP contribution in [-0.2, 0) is 22.6 Å². The third-order valence-corrected chi connectivity index (χ3v) is 4.35. The summed E-state index contributed by atoms with van der Waals surface area (Å²) < 4.78 is 5.32. The van der Waals surface area contributed by atoms with Crippen LogP contribution in [0.15, 0.2) is 60.7 Å². The monoisotopic (exact) mass is 385 g/mol. The number of aliphatic hydroxyl groups is 2. The molecule has 2 atom stereocenters. The first-order valence-electron chi connectivity index (χ1n) is 9.61. The summed E-state index contributed by atoms with van der Waals surface area (Å²) >= 11 is 0. The molecule has 0 bridgehead atoms. The molecule has 28 heavy (non-hydrogen) atoms. The van der Waals surface area contributed by atoms with Gasteiger partial charge in [-0.05, 0) is 31.9 Å². The quantitative estimate of drug-likeness (QED) is 0.649. The Morgan fingerprint density at radius 3 is 1.82 bits per heavy atom. The molecule has 0 saturated carbocycles. The molecule has 0 aliphatic rings. The van der Waals surface area contributed by atoms with E-state index in [2.05, 4.69) is 0 Å². The van der Waals surface area contributed by atoms with Crippen LogP contribution < -0.4 is 0 Å². The molecule has 5 nitrogen and oxygen atoms in total. The van der Waals surface area contributed by atoms with Crippen molar-refractivity contribution in [3.63, 3.8) is 0 Å². The van der Waals surface area contributed by atoms with Gasteiger partial charge in [-0.25, -0.2) is 0 Å². The molecule has 0 unspecified atom stereocenters. The average Bonchev–Trinajstić information content (AvgIpc) is 2.62. The Kier molecular flexibility index (Phi) is 8.18. The van der Waals surface area contributed by atoms with Gasteiger partial charge >= 0.3 is 5.97 Å². The molecule has 0 amide bonds. The van der Waals surface area contributed by atoms with E-state index in [4.69, 9.17) is 4.74 Å². The van der Waals surface area contributed by atoms with Gasteiger partial charge in [0.2, 0.25) is 0 Å². The molecule has 2 N–H and O–H groups in total. The van der Waals surface area contributed by atoms with E-state index < -0.39 is 23.7 Å². The summed E-state index contributed by atoms with van der Waals surface area (Å²) in [5, 5.41) is 20.7. The molecule has 0 heterocycles. The third kappa shape index (κ3) is 7.43. The van der Waals surface area contributed by atoms with E-state index in [1.807, 2.05) is 65.6 Å². The normalized spacial score (nSPS) is 13.9. The van der Waals surface area contributed by atoms with Gasteiger partial charge in [-0.2, -0.15) is 0 Å². The van der Waals surface area contributed by atoms with Crippen molar-refractivity contribution < 1.29 is 19.7 Å². The first kappa shape index (κ1) is 22.1. The predicted octanol–water partition coefficient (Wildman–Crippen LogP) is 3.14. The third-order valence-electron chi connectivity index (χ3n) is 4.35. The van der Waals surface area contributed by atoms with Crippen molar-refractivity contribution in [2.24, 2.45) is 0 Å². The lowest BCUT2D eigenvalue weighted by molar-refractivity contribution is -0.158. The minimum Gasteiger partial charge on any atom is -0.460 e. The molecular weight excluding hydrogens is 354 g/mol. The second-order valence-corrected chi connectivity index (χ2v) is 7.98. The maximum atomic E-state index is 12.1. The minimum atomic E-state index is -1.03. The molecule has 2 aromatic carbocycles. The number of nitrogens with zero attached hydrogens (tertiary/aromatic N) is 1. The average molecular weight is 386 g/mol. The zero-order chi connectivity index (χ0) is 20.6. The standard InChI is InChI=1S/C23H31NO4/c1-23(2,3)28-22(27)14-21(26)20(17-25)24(15-18-10-6-4-7-11-18)16-19-12-8-5-9-13-19/h4-13,20-21,25-26H,14-17H2,1-3H3/t20-,21+/m0/s1. The second kappa shape index (κ2) is 10.4. The van der Waals surface area contributed by atoms with Crippen LogP contribution in [0.5, 0.6) is 0 Å². The summed E-state index contributed by atoms with van der Waals surface area (Å²) in [6.07, 6.45) is -1.20. The van der Waals surface area contributed by atoms with Gasteiger partial charge in [0.05, 0.1) is 25.2 Å². The van der Waals surface area contributed by atoms with E-state index in [0.29, 0.717) is 13.1 Å². The zero-order valence-corrected chi connectivity index (χ0v) is 16.9. The molecule has 0 saturated heterocycles. The van der Waals surface area contributed by atoms with Gasteiger partial charge < -0.3 is 14.9 Å². The highest BCUT2D eigenvalue weighted by atomic mass is 16.6. The van der Waals surface area contributed by atoms with Crippen molar-refractivity contribution in [1.82, 2.24) is 4.90 Å². The highest BCUT2D eigenvalue weighted by Crippen LogP contribution is 2.18. The number of hydrogen-bond acceptors (Lipinski definition) is 5. The van der Waals surface area contributed by atoms with Crippen LogP contribution in [0.3, 0.4) is 0 Å². The lowest BCUT2D eigenvalue weighted by Gasteiger charge is -2.34. The largest absolute Gasteiger partial charge is 0.460 e. The molecule has 0 aliphatic carbocycles. The topological polar surface area (TPSA) is 70.0 Å². The van der Waals surface area contributed by atoms with Crippen molar-refractivity contribution in [1.29, 1.82) is 0 Å². The Bertz CT molecular complexity index is 671. The van der Waals surface area contributed by atoms with Gasteiger partial charge in [-0.15, -0.1) is 0 Å². The van der Waals surface area contributed by atoms with Crippen molar-refractivity contribution in [3.8, 4) is 0 Å². The predicted molar refractivity (Wildman–Crippen MR) is 109 cm³/mol. The highest BCUT2D eigenvalue weighted by molar-refractivity contribution is 5.70. The highest BCUT2D eigenvalue weighted by Gasteiger charge is 2.29. The van der Waals surface area contributed by atoms with Crippen LogP contribution in [0.25, 0.3) is 0 Å². The van der Waals surface area contributed by atoms with E-state index in [-0.39, 0.29) is 13.0 Å². The number of esters is 1. The van der Waals surface area contributed by atoms with E-state index in [0.717, 1.165) is 11.1 Å². The molecule has 5 heteroatoms. The van der Waals surface area contributed by atoms with E-state index >= 15 is 0 Å². The van der Waals surface area contributed by atoms with Crippen molar-refractivity contribution in [3.05, 3.63) is 71.8 Å². The summed E-state index contributed by atoms with van der Waals surface area (Å²) in [6, 6.07) is 19.2. The van der Waals surface area contributed by atoms with Crippen molar-refractivity contribution >= 4 is 5.97 Å². The Balaban J connectivity index is 2.16. The summed E-state index contributed by atoms with van der Waals surface area (Å²) in [5.41, 5.74) is 1.53. The molecule has 2 aromatic rings.